The Kier molecular flexibility index (Phi) is 4.41. The second-order valence-corrected chi connectivity index (χ2v) is 6.84. The highest BCUT2D eigenvalue weighted by molar-refractivity contribution is 7.98. The normalized spacial score (nSPS) is 15.4. The minimum Gasteiger partial charge on any atom is -0.448 e. The number of nitrogens with one attached hydrogen (secondary N) is 1. The molecular formula is C17H12Cl2N4OS. The summed E-state index contributed by atoms with van der Waals surface area (Å²) in [5.74, 6) is 0.401. The molecule has 2 aromatic carbocycles. The first kappa shape index (κ1) is 16.4. The van der Waals surface area contributed by atoms with Crippen LogP contribution in [-0.4, -0.2) is 21.4 Å². The van der Waals surface area contributed by atoms with Crippen LogP contribution in [0.25, 0.3) is 11.3 Å². The number of rotatable bonds is 2. The number of halogens is 2. The molecule has 0 saturated heterocycles. The summed E-state index contributed by atoms with van der Waals surface area (Å²) in [4.78, 5) is 4.47. The van der Waals surface area contributed by atoms with E-state index in [2.05, 4.69) is 20.5 Å². The Bertz CT molecular complexity index is 954. The Hall–Kier alpha value is -2.02. The van der Waals surface area contributed by atoms with E-state index in [4.69, 9.17) is 27.9 Å². The van der Waals surface area contributed by atoms with Crippen molar-refractivity contribution in [1.29, 1.82) is 0 Å². The van der Waals surface area contributed by atoms with E-state index in [1.165, 1.54) is 11.8 Å². The molecule has 1 aliphatic heterocycles. The quantitative estimate of drug-likeness (QED) is 0.616. The van der Waals surface area contributed by atoms with Crippen LogP contribution < -0.4 is 10.1 Å². The molecule has 0 amide bonds. The van der Waals surface area contributed by atoms with Crippen LogP contribution in [0.1, 0.15) is 11.8 Å². The first-order valence-corrected chi connectivity index (χ1v) is 9.40. The summed E-state index contributed by atoms with van der Waals surface area (Å²) in [6, 6.07) is 13.2. The Morgan fingerprint density at radius 2 is 1.92 bits per heavy atom. The minimum atomic E-state index is -0.556. The van der Waals surface area contributed by atoms with Gasteiger partial charge in [0.1, 0.15) is 0 Å². The van der Waals surface area contributed by atoms with Crippen LogP contribution in [0.3, 0.4) is 0 Å². The maximum absolute atomic E-state index is 6.39. The lowest BCUT2D eigenvalue weighted by Gasteiger charge is -2.20. The van der Waals surface area contributed by atoms with E-state index in [0.29, 0.717) is 26.8 Å². The SMILES string of the molecule is CSc1nnc2c(n1)O[C@@H](c1cccc(Cl)c1Cl)Nc1ccccc1-2. The molecule has 0 bridgehead atoms. The molecule has 1 aliphatic rings. The third kappa shape index (κ3) is 3.01. The van der Waals surface area contributed by atoms with Crippen molar-refractivity contribution in [3.8, 4) is 17.1 Å². The Balaban J connectivity index is 1.89. The Morgan fingerprint density at radius 3 is 2.76 bits per heavy atom. The summed E-state index contributed by atoms with van der Waals surface area (Å²) in [5.41, 5.74) is 3.03. The van der Waals surface area contributed by atoms with E-state index < -0.39 is 6.23 Å². The molecule has 8 heteroatoms. The van der Waals surface area contributed by atoms with Crippen LogP contribution in [0.2, 0.25) is 10.0 Å². The molecule has 1 aromatic heterocycles. The smallest absolute Gasteiger partial charge is 0.247 e. The van der Waals surface area contributed by atoms with Crippen molar-refractivity contribution in [2.45, 2.75) is 11.4 Å². The number of benzene rings is 2. The van der Waals surface area contributed by atoms with Gasteiger partial charge in [-0.15, -0.1) is 10.2 Å². The van der Waals surface area contributed by atoms with E-state index >= 15 is 0 Å². The number of anilines is 1. The van der Waals surface area contributed by atoms with Gasteiger partial charge in [-0.1, -0.05) is 65.3 Å². The maximum atomic E-state index is 6.39. The third-order valence-corrected chi connectivity index (χ3v) is 5.15. The van der Waals surface area contributed by atoms with Gasteiger partial charge >= 0.3 is 0 Å². The number of hydrogen-bond acceptors (Lipinski definition) is 6. The van der Waals surface area contributed by atoms with Gasteiger partial charge in [0.2, 0.25) is 11.0 Å². The Labute approximate surface area is 158 Å². The van der Waals surface area contributed by atoms with Crippen molar-refractivity contribution < 1.29 is 4.74 Å². The van der Waals surface area contributed by atoms with Gasteiger partial charge in [0, 0.05) is 16.8 Å². The molecule has 126 valence electrons. The molecule has 0 unspecified atom stereocenters. The number of hydrogen-bond donors (Lipinski definition) is 1. The molecule has 2 heterocycles. The molecule has 0 radical (unpaired) electrons. The lowest BCUT2D eigenvalue weighted by atomic mass is 10.1. The van der Waals surface area contributed by atoms with Crippen molar-refractivity contribution in [2.24, 2.45) is 0 Å². The molecule has 4 rings (SSSR count). The summed E-state index contributed by atoms with van der Waals surface area (Å²) in [6.45, 7) is 0. The highest BCUT2D eigenvalue weighted by atomic mass is 35.5. The predicted molar refractivity (Wildman–Crippen MR) is 100 cm³/mol. The highest BCUT2D eigenvalue weighted by Gasteiger charge is 2.27. The lowest BCUT2D eigenvalue weighted by Crippen LogP contribution is -2.17. The third-order valence-electron chi connectivity index (χ3n) is 3.78. The van der Waals surface area contributed by atoms with Crippen LogP contribution >= 0.6 is 35.0 Å². The molecule has 0 saturated carbocycles. The Morgan fingerprint density at radius 1 is 1.08 bits per heavy atom. The number of ether oxygens (including phenoxy) is 1. The zero-order valence-electron chi connectivity index (χ0n) is 13.0. The number of thioether (sulfide) groups is 1. The van der Waals surface area contributed by atoms with Crippen molar-refractivity contribution in [3.05, 3.63) is 58.1 Å². The fourth-order valence-electron chi connectivity index (χ4n) is 2.60. The average Bonchev–Trinajstić information content (AvgIpc) is 2.80. The monoisotopic (exact) mass is 390 g/mol. The van der Waals surface area contributed by atoms with Gasteiger partial charge in [-0.25, -0.2) is 0 Å². The topological polar surface area (TPSA) is 59.9 Å². The number of aromatic nitrogens is 3. The summed E-state index contributed by atoms with van der Waals surface area (Å²) >= 11 is 14.0. The lowest BCUT2D eigenvalue weighted by molar-refractivity contribution is 0.225. The zero-order chi connectivity index (χ0) is 17.4. The number of nitrogens with zero attached hydrogens (tertiary/aromatic N) is 3. The number of para-hydroxylation sites is 1. The standard InChI is InChI=1S/C17H12Cl2N4OS/c1-25-17-21-16-14(22-23-17)9-5-2-3-8-12(9)20-15(24-16)10-6-4-7-11(18)13(10)19/h2-8,15,20H,1H3/t15-/m0/s1. The second kappa shape index (κ2) is 6.71. The zero-order valence-corrected chi connectivity index (χ0v) is 15.4. The number of fused-ring (bicyclic) bond motifs is 3. The summed E-state index contributed by atoms with van der Waals surface area (Å²) in [5, 5.41) is 13.2. The fraction of sp³-hybridized carbons (Fsp3) is 0.118. The van der Waals surface area contributed by atoms with E-state index in [9.17, 15) is 0 Å². The molecule has 3 aromatic rings. The molecule has 25 heavy (non-hydrogen) atoms. The largest absolute Gasteiger partial charge is 0.448 e. The van der Waals surface area contributed by atoms with Crippen molar-refractivity contribution in [3.63, 3.8) is 0 Å². The molecular weight excluding hydrogens is 379 g/mol. The van der Waals surface area contributed by atoms with Crippen molar-refractivity contribution in [1.82, 2.24) is 15.2 Å². The van der Waals surface area contributed by atoms with Gasteiger partial charge < -0.3 is 10.1 Å². The van der Waals surface area contributed by atoms with Gasteiger partial charge in [0.15, 0.2) is 11.9 Å². The first-order chi connectivity index (χ1) is 12.2. The molecule has 1 atom stereocenters. The van der Waals surface area contributed by atoms with Gasteiger partial charge in [0.05, 0.1) is 10.0 Å². The highest BCUT2D eigenvalue weighted by Crippen LogP contribution is 2.41. The van der Waals surface area contributed by atoms with Crippen LogP contribution in [0, 0.1) is 0 Å². The van der Waals surface area contributed by atoms with Gasteiger partial charge in [0.25, 0.3) is 0 Å². The maximum Gasteiger partial charge on any atom is 0.247 e. The minimum absolute atomic E-state index is 0.401. The van der Waals surface area contributed by atoms with Gasteiger partial charge in [-0.3, -0.25) is 0 Å². The van der Waals surface area contributed by atoms with Crippen LogP contribution in [0.15, 0.2) is 47.6 Å². The van der Waals surface area contributed by atoms with E-state index in [1.54, 1.807) is 6.07 Å². The van der Waals surface area contributed by atoms with Crippen LogP contribution in [0.4, 0.5) is 5.69 Å². The van der Waals surface area contributed by atoms with Crippen molar-refractivity contribution >= 4 is 40.7 Å². The summed E-state index contributed by atoms with van der Waals surface area (Å²) < 4.78 is 6.12. The molecule has 0 spiro atoms. The predicted octanol–water partition coefficient (Wildman–Crippen LogP) is 5.07. The summed E-state index contributed by atoms with van der Waals surface area (Å²) in [7, 11) is 0. The molecule has 0 aliphatic carbocycles. The van der Waals surface area contributed by atoms with Crippen LogP contribution in [-0.2, 0) is 0 Å². The fourth-order valence-corrected chi connectivity index (χ4v) is 3.30. The van der Waals surface area contributed by atoms with Crippen molar-refractivity contribution in [2.75, 3.05) is 11.6 Å². The molecule has 5 nitrogen and oxygen atoms in total. The average molecular weight is 391 g/mol. The van der Waals surface area contributed by atoms with E-state index in [-0.39, 0.29) is 0 Å². The van der Waals surface area contributed by atoms with E-state index in [1.807, 2.05) is 42.7 Å². The molecule has 1 N–H and O–H groups in total. The van der Waals surface area contributed by atoms with E-state index in [0.717, 1.165) is 16.8 Å². The second-order valence-electron chi connectivity index (χ2n) is 5.28. The van der Waals surface area contributed by atoms with Crippen LogP contribution in [0.5, 0.6) is 5.88 Å². The summed E-state index contributed by atoms with van der Waals surface area (Å²) in [6.07, 6.45) is 1.33. The first-order valence-electron chi connectivity index (χ1n) is 7.42. The molecule has 0 fully saturated rings. The van der Waals surface area contributed by atoms with Gasteiger partial charge in [-0.2, -0.15) is 4.98 Å². The van der Waals surface area contributed by atoms with Gasteiger partial charge in [-0.05, 0) is 18.4 Å².